The summed E-state index contributed by atoms with van der Waals surface area (Å²) in [6, 6.07) is 9.62. The number of anilines is 1. The maximum atomic E-state index is 12.9. The van der Waals surface area contributed by atoms with Crippen LogP contribution in [0, 0.1) is 6.92 Å². The highest BCUT2D eigenvalue weighted by Crippen LogP contribution is 2.36. The van der Waals surface area contributed by atoms with Crippen molar-refractivity contribution >= 4 is 23.2 Å². The van der Waals surface area contributed by atoms with Crippen molar-refractivity contribution in [3.63, 3.8) is 0 Å². The molecule has 0 saturated carbocycles. The van der Waals surface area contributed by atoms with Crippen LogP contribution in [0.25, 0.3) is 0 Å². The summed E-state index contributed by atoms with van der Waals surface area (Å²) in [5.74, 6) is -0.619. The molecule has 6 heteroatoms. The lowest BCUT2D eigenvalue weighted by atomic mass is 10.1. The van der Waals surface area contributed by atoms with Gasteiger partial charge in [0.2, 0.25) is 0 Å². The van der Waals surface area contributed by atoms with Crippen molar-refractivity contribution in [3.8, 4) is 0 Å². The molecule has 0 atom stereocenters. The monoisotopic (exact) mass is 313 g/mol. The smallest absolute Gasteiger partial charge is 0.321 e. The minimum atomic E-state index is -4.57. The number of nitrogens with one attached hydrogen (secondary N) is 1. The summed E-state index contributed by atoms with van der Waals surface area (Å²) >= 11 is 5.70. The number of carbonyl (C=O) groups excluding carboxylic acids is 1. The highest BCUT2D eigenvalue weighted by Gasteiger charge is 2.34. The second-order valence-corrected chi connectivity index (χ2v) is 4.95. The third-order valence-corrected chi connectivity index (χ3v) is 3.05. The lowest BCUT2D eigenvalue weighted by Crippen LogP contribution is -2.16. The third kappa shape index (κ3) is 3.76. The maximum Gasteiger partial charge on any atom is 0.418 e. The molecule has 2 aromatic carbocycles. The van der Waals surface area contributed by atoms with Crippen LogP contribution in [0.5, 0.6) is 0 Å². The van der Waals surface area contributed by atoms with Gasteiger partial charge in [-0.05, 0) is 37.3 Å². The van der Waals surface area contributed by atoms with E-state index in [9.17, 15) is 18.0 Å². The van der Waals surface area contributed by atoms with Crippen LogP contribution in [-0.4, -0.2) is 5.91 Å². The molecule has 21 heavy (non-hydrogen) atoms. The molecule has 1 N–H and O–H groups in total. The van der Waals surface area contributed by atoms with Gasteiger partial charge in [0.1, 0.15) is 0 Å². The van der Waals surface area contributed by atoms with Crippen LogP contribution < -0.4 is 5.32 Å². The molecule has 110 valence electrons. The van der Waals surface area contributed by atoms with Gasteiger partial charge in [0.25, 0.3) is 5.91 Å². The molecule has 0 saturated heterocycles. The molecule has 0 aliphatic heterocycles. The highest BCUT2D eigenvalue weighted by atomic mass is 35.5. The summed E-state index contributed by atoms with van der Waals surface area (Å²) in [6.07, 6.45) is -4.57. The molecule has 2 aromatic rings. The van der Waals surface area contributed by atoms with Crippen molar-refractivity contribution in [1.82, 2.24) is 0 Å². The van der Waals surface area contributed by atoms with Gasteiger partial charge in [0.15, 0.2) is 0 Å². The minimum absolute atomic E-state index is 0.113. The van der Waals surface area contributed by atoms with Crippen molar-refractivity contribution in [1.29, 1.82) is 0 Å². The molecule has 0 fully saturated rings. The van der Waals surface area contributed by atoms with Gasteiger partial charge >= 0.3 is 6.18 Å². The Balaban J connectivity index is 2.35. The zero-order valence-corrected chi connectivity index (χ0v) is 11.7. The quantitative estimate of drug-likeness (QED) is 0.837. The second-order valence-electron chi connectivity index (χ2n) is 4.51. The van der Waals surface area contributed by atoms with Crippen LogP contribution in [0.4, 0.5) is 18.9 Å². The van der Waals surface area contributed by atoms with E-state index in [1.165, 1.54) is 6.07 Å². The number of hydrogen-bond donors (Lipinski definition) is 1. The van der Waals surface area contributed by atoms with E-state index < -0.39 is 17.6 Å². The van der Waals surface area contributed by atoms with E-state index in [2.05, 4.69) is 5.32 Å². The summed E-state index contributed by atoms with van der Waals surface area (Å²) in [6.45, 7) is 1.79. The summed E-state index contributed by atoms with van der Waals surface area (Å²) in [4.78, 5) is 12.0. The van der Waals surface area contributed by atoms with E-state index in [1.54, 1.807) is 25.1 Å². The van der Waals surface area contributed by atoms with Crippen molar-refractivity contribution in [2.75, 3.05) is 5.32 Å². The fourth-order valence-corrected chi connectivity index (χ4v) is 2.02. The van der Waals surface area contributed by atoms with E-state index in [1.807, 2.05) is 0 Å². The molecule has 2 rings (SSSR count). The van der Waals surface area contributed by atoms with Crippen molar-refractivity contribution in [3.05, 3.63) is 64.2 Å². The number of halogens is 4. The molecule has 0 unspecified atom stereocenters. The van der Waals surface area contributed by atoms with Crippen LogP contribution in [0.2, 0.25) is 5.02 Å². The maximum absolute atomic E-state index is 12.9. The Bertz CT molecular complexity index is 683. The lowest BCUT2D eigenvalue weighted by Gasteiger charge is -2.14. The number of amides is 1. The third-order valence-electron chi connectivity index (χ3n) is 2.82. The van der Waals surface area contributed by atoms with Gasteiger partial charge in [-0.25, -0.2) is 0 Å². The molecule has 0 spiro atoms. The van der Waals surface area contributed by atoms with Crippen LogP contribution in [-0.2, 0) is 6.18 Å². The summed E-state index contributed by atoms with van der Waals surface area (Å²) < 4.78 is 38.7. The Morgan fingerprint density at radius 2 is 1.86 bits per heavy atom. The molecule has 0 aromatic heterocycles. The number of aryl methyl sites for hydroxylation is 1. The normalized spacial score (nSPS) is 11.3. The minimum Gasteiger partial charge on any atom is -0.321 e. The molecule has 0 bridgehead atoms. The Morgan fingerprint density at radius 1 is 1.14 bits per heavy atom. The Hall–Kier alpha value is -2.01. The van der Waals surface area contributed by atoms with Gasteiger partial charge in [-0.15, -0.1) is 0 Å². The van der Waals surface area contributed by atoms with Gasteiger partial charge in [-0.2, -0.15) is 13.2 Å². The van der Waals surface area contributed by atoms with E-state index in [0.717, 1.165) is 23.8 Å². The standard InChI is InChI=1S/C15H11ClF3NO/c1-9-3-2-4-10(7-9)14(21)20-13-8-11(16)5-6-12(13)15(17,18)19/h2-8H,1H3,(H,20,21). The topological polar surface area (TPSA) is 29.1 Å². The second kappa shape index (κ2) is 5.77. The number of carbonyl (C=O) groups is 1. The Kier molecular flexibility index (Phi) is 4.23. The van der Waals surface area contributed by atoms with Crippen LogP contribution in [0.1, 0.15) is 21.5 Å². The molecule has 2 nitrogen and oxygen atoms in total. The molecule has 0 radical (unpaired) electrons. The first-order valence-corrected chi connectivity index (χ1v) is 6.40. The molecular formula is C15H11ClF3NO. The van der Waals surface area contributed by atoms with Gasteiger partial charge in [-0.3, -0.25) is 4.79 Å². The first kappa shape index (κ1) is 15.4. The average molecular weight is 314 g/mol. The predicted octanol–water partition coefficient (Wildman–Crippen LogP) is 4.92. The first-order chi connectivity index (χ1) is 9.77. The summed E-state index contributed by atoms with van der Waals surface area (Å²) in [5.41, 5.74) is -0.178. The van der Waals surface area contributed by atoms with Crippen LogP contribution in [0.3, 0.4) is 0 Å². The number of benzene rings is 2. The Morgan fingerprint density at radius 3 is 2.48 bits per heavy atom. The van der Waals surface area contributed by atoms with Gasteiger partial charge in [0.05, 0.1) is 11.3 Å². The Labute approximate surface area is 124 Å². The van der Waals surface area contributed by atoms with E-state index in [4.69, 9.17) is 11.6 Å². The number of hydrogen-bond acceptors (Lipinski definition) is 1. The predicted molar refractivity (Wildman–Crippen MR) is 75.6 cm³/mol. The highest BCUT2D eigenvalue weighted by molar-refractivity contribution is 6.31. The fraction of sp³-hybridized carbons (Fsp3) is 0.133. The zero-order chi connectivity index (χ0) is 15.6. The van der Waals surface area contributed by atoms with Gasteiger partial charge < -0.3 is 5.32 Å². The van der Waals surface area contributed by atoms with E-state index in [-0.39, 0.29) is 16.3 Å². The summed E-state index contributed by atoms with van der Waals surface area (Å²) in [5, 5.41) is 2.37. The molecule has 0 heterocycles. The lowest BCUT2D eigenvalue weighted by molar-refractivity contribution is -0.136. The SMILES string of the molecule is Cc1cccc(C(=O)Nc2cc(Cl)ccc2C(F)(F)F)c1. The van der Waals surface area contributed by atoms with Crippen molar-refractivity contribution in [2.24, 2.45) is 0 Å². The van der Waals surface area contributed by atoms with Crippen LogP contribution in [0.15, 0.2) is 42.5 Å². The zero-order valence-electron chi connectivity index (χ0n) is 11.0. The van der Waals surface area contributed by atoms with E-state index >= 15 is 0 Å². The van der Waals surface area contributed by atoms with Crippen molar-refractivity contribution < 1.29 is 18.0 Å². The molecular weight excluding hydrogens is 303 g/mol. The molecule has 1 amide bonds. The fourth-order valence-electron chi connectivity index (χ4n) is 1.85. The van der Waals surface area contributed by atoms with Crippen LogP contribution >= 0.6 is 11.6 Å². The molecule has 0 aliphatic rings. The number of rotatable bonds is 2. The first-order valence-electron chi connectivity index (χ1n) is 6.02. The molecule has 0 aliphatic carbocycles. The van der Waals surface area contributed by atoms with E-state index in [0.29, 0.717) is 0 Å². The van der Waals surface area contributed by atoms with Gasteiger partial charge in [-0.1, -0.05) is 29.3 Å². The van der Waals surface area contributed by atoms with Crippen molar-refractivity contribution in [2.45, 2.75) is 13.1 Å². The average Bonchev–Trinajstić information content (AvgIpc) is 2.37. The largest absolute Gasteiger partial charge is 0.418 e. The van der Waals surface area contributed by atoms with Gasteiger partial charge in [0, 0.05) is 10.6 Å². The summed E-state index contributed by atoms with van der Waals surface area (Å²) in [7, 11) is 0. The number of alkyl halides is 3.